The molecule has 10 heteroatoms. The van der Waals surface area contributed by atoms with Gasteiger partial charge in [-0.2, -0.15) is 5.10 Å². The van der Waals surface area contributed by atoms with Crippen molar-refractivity contribution in [3.63, 3.8) is 0 Å². The van der Waals surface area contributed by atoms with E-state index in [9.17, 15) is 14.4 Å². The van der Waals surface area contributed by atoms with E-state index in [2.05, 4.69) is 5.10 Å². The molecule has 1 atom stereocenters. The Morgan fingerprint density at radius 3 is 2.44 bits per heavy atom. The van der Waals surface area contributed by atoms with Crippen molar-refractivity contribution in [1.82, 2.24) is 19.2 Å². The van der Waals surface area contributed by atoms with Crippen molar-refractivity contribution in [2.24, 2.45) is 5.92 Å². The van der Waals surface area contributed by atoms with Crippen molar-refractivity contribution in [3.05, 3.63) is 40.6 Å². The molecule has 10 nitrogen and oxygen atoms in total. The van der Waals surface area contributed by atoms with Crippen LogP contribution in [0.4, 0.5) is 5.69 Å². The Morgan fingerprint density at radius 1 is 1.12 bits per heavy atom. The van der Waals surface area contributed by atoms with E-state index in [1.165, 1.54) is 4.68 Å². The van der Waals surface area contributed by atoms with Crippen molar-refractivity contribution in [2.75, 3.05) is 45.4 Å². The fraction of sp³-hybridized carbons (Fsp3) is 0.583. The number of amides is 2. The first-order valence-corrected chi connectivity index (χ1v) is 11.9. The maximum absolute atomic E-state index is 13.2. The maximum atomic E-state index is 13.2. The van der Waals surface area contributed by atoms with Crippen LogP contribution in [0.15, 0.2) is 29.1 Å². The van der Waals surface area contributed by atoms with Gasteiger partial charge in [0, 0.05) is 51.3 Å². The summed E-state index contributed by atoms with van der Waals surface area (Å²) in [6, 6.07) is 7.31. The summed E-state index contributed by atoms with van der Waals surface area (Å²) in [6.45, 7) is 4.94. The first-order chi connectivity index (χ1) is 16.5. The third kappa shape index (κ3) is 4.72. The van der Waals surface area contributed by atoms with E-state index in [0.717, 1.165) is 30.1 Å². The second kappa shape index (κ2) is 10.4. The number of piperidine rings is 1. The molecule has 2 saturated heterocycles. The molecule has 0 N–H and O–H groups in total. The van der Waals surface area contributed by atoms with E-state index in [0.29, 0.717) is 39.3 Å². The Labute approximate surface area is 199 Å². The summed E-state index contributed by atoms with van der Waals surface area (Å²) < 4.78 is 13.5. The van der Waals surface area contributed by atoms with Crippen LogP contribution in [0.5, 0.6) is 5.75 Å². The summed E-state index contributed by atoms with van der Waals surface area (Å²) in [5.74, 6) is 1.29. The Bertz CT molecular complexity index is 1070. The molecule has 0 bridgehead atoms. The number of aromatic nitrogens is 3. The number of likely N-dealkylation sites (tertiary alicyclic amines) is 1. The van der Waals surface area contributed by atoms with Crippen LogP contribution in [0.25, 0.3) is 0 Å². The van der Waals surface area contributed by atoms with E-state index in [4.69, 9.17) is 9.47 Å². The molecule has 2 aliphatic heterocycles. The summed E-state index contributed by atoms with van der Waals surface area (Å²) >= 11 is 0. The zero-order valence-corrected chi connectivity index (χ0v) is 20.1. The number of rotatable bonds is 8. The number of hydrogen-bond acceptors (Lipinski definition) is 6. The van der Waals surface area contributed by atoms with Gasteiger partial charge in [0.2, 0.25) is 11.8 Å². The third-order valence-corrected chi connectivity index (χ3v) is 6.81. The van der Waals surface area contributed by atoms with E-state index in [1.54, 1.807) is 23.7 Å². The van der Waals surface area contributed by atoms with Crippen molar-refractivity contribution in [2.45, 2.75) is 45.2 Å². The Balaban J connectivity index is 1.37. The standard InChI is InChI=1S/C24H33N5O5/c1-4-27-22(25-29(24(27)32)13-14-33-2)17-9-11-26(12-10-17)23(31)18-15-21(30)28(16-18)19-5-7-20(34-3)8-6-19/h5-8,17-18H,4,9-16H2,1-3H3. The fourth-order valence-corrected chi connectivity index (χ4v) is 4.88. The Kier molecular flexibility index (Phi) is 7.35. The average Bonchev–Trinajstić information content (AvgIpc) is 3.41. The lowest BCUT2D eigenvalue weighted by molar-refractivity contribution is -0.136. The molecule has 0 radical (unpaired) electrons. The van der Waals surface area contributed by atoms with Gasteiger partial charge in [0.1, 0.15) is 11.6 Å². The summed E-state index contributed by atoms with van der Waals surface area (Å²) in [5.41, 5.74) is 0.664. The highest BCUT2D eigenvalue weighted by molar-refractivity contribution is 6.00. The lowest BCUT2D eigenvalue weighted by Gasteiger charge is -2.33. The molecular weight excluding hydrogens is 438 g/mol. The molecule has 0 spiro atoms. The predicted octanol–water partition coefficient (Wildman–Crippen LogP) is 1.48. The van der Waals surface area contributed by atoms with Crippen molar-refractivity contribution in [1.29, 1.82) is 0 Å². The van der Waals surface area contributed by atoms with Gasteiger partial charge in [-0.15, -0.1) is 0 Å². The number of anilines is 1. The van der Waals surface area contributed by atoms with Crippen LogP contribution in [0.1, 0.15) is 37.9 Å². The SMILES string of the molecule is CCn1c(C2CCN(C(=O)C3CC(=O)N(c4ccc(OC)cc4)C3)CC2)nn(CCOC)c1=O. The molecule has 4 rings (SSSR count). The van der Waals surface area contributed by atoms with Crippen LogP contribution in [-0.2, 0) is 27.4 Å². The Hall–Kier alpha value is -3.14. The van der Waals surface area contributed by atoms with Gasteiger partial charge in [0.15, 0.2) is 0 Å². The van der Waals surface area contributed by atoms with E-state index < -0.39 is 0 Å². The normalized spacial score (nSPS) is 19.1. The van der Waals surface area contributed by atoms with Crippen LogP contribution in [0.2, 0.25) is 0 Å². The number of carbonyl (C=O) groups is 2. The largest absolute Gasteiger partial charge is 0.497 e. The monoisotopic (exact) mass is 471 g/mol. The van der Waals surface area contributed by atoms with Crippen molar-refractivity contribution >= 4 is 17.5 Å². The number of methoxy groups -OCH3 is 2. The third-order valence-electron chi connectivity index (χ3n) is 6.81. The number of ether oxygens (including phenoxy) is 2. The smallest absolute Gasteiger partial charge is 0.345 e. The molecule has 0 saturated carbocycles. The second-order valence-corrected chi connectivity index (χ2v) is 8.80. The van der Waals surface area contributed by atoms with Gasteiger partial charge in [0.25, 0.3) is 0 Å². The summed E-state index contributed by atoms with van der Waals surface area (Å²) in [5, 5.41) is 4.58. The zero-order valence-electron chi connectivity index (χ0n) is 20.1. The molecule has 1 aromatic carbocycles. The maximum Gasteiger partial charge on any atom is 0.345 e. The quantitative estimate of drug-likeness (QED) is 0.578. The average molecular weight is 472 g/mol. The molecular formula is C24H33N5O5. The first kappa shape index (κ1) is 24.0. The van der Waals surface area contributed by atoms with Gasteiger partial charge >= 0.3 is 5.69 Å². The molecule has 0 aliphatic carbocycles. The molecule has 2 aromatic rings. The lowest BCUT2D eigenvalue weighted by atomic mass is 9.94. The highest BCUT2D eigenvalue weighted by atomic mass is 16.5. The van der Waals surface area contributed by atoms with Crippen molar-refractivity contribution in [3.8, 4) is 5.75 Å². The van der Waals surface area contributed by atoms with E-state index in [-0.39, 0.29) is 35.8 Å². The van der Waals surface area contributed by atoms with Gasteiger partial charge < -0.3 is 19.3 Å². The molecule has 3 heterocycles. The minimum atomic E-state index is -0.340. The van der Waals surface area contributed by atoms with Gasteiger partial charge in [-0.3, -0.25) is 14.2 Å². The predicted molar refractivity (Wildman–Crippen MR) is 126 cm³/mol. The van der Waals surface area contributed by atoms with Gasteiger partial charge in [0.05, 0.1) is 26.2 Å². The molecule has 1 aromatic heterocycles. The molecule has 34 heavy (non-hydrogen) atoms. The van der Waals surface area contributed by atoms with Crippen LogP contribution in [0.3, 0.4) is 0 Å². The Morgan fingerprint density at radius 2 is 1.82 bits per heavy atom. The molecule has 2 fully saturated rings. The topological polar surface area (TPSA) is 98.9 Å². The summed E-state index contributed by atoms with van der Waals surface area (Å²) in [7, 11) is 3.20. The summed E-state index contributed by atoms with van der Waals surface area (Å²) in [4.78, 5) is 42.0. The van der Waals surface area contributed by atoms with E-state index >= 15 is 0 Å². The minimum absolute atomic E-state index is 0.0290. The highest BCUT2D eigenvalue weighted by Gasteiger charge is 2.38. The van der Waals surface area contributed by atoms with Crippen LogP contribution in [0, 0.1) is 5.92 Å². The summed E-state index contributed by atoms with van der Waals surface area (Å²) in [6.07, 6.45) is 1.72. The van der Waals surface area contributed by atoms with Gasteiger partial charge in [-0.1, -0.05) is 0 Å². The molecule has 1 unspecified atom stereocenters. The number of benzene rings is 1. The van der Waals surface area contributed by atoms with Crippen molar-refractivity contribution < 1.29 is 19.1 Å². The van der Waals surface area contributed by atoms with E-state index in [1.807, 2.05) is 36.1 Å². The molecule has 2 amide bonds. The number of hydrogen-bond donors (Lipinski definition) is 0. The second-order valence-electron chi connectivity index (χ2n) is 8.80. The highest BCUT2D eigenvalue weighted by Crippen LogP contribution is 2.31. The number of carbonyl (C=O) groups excluding carboxylic acids is 2. The van der Waals surface area contributed by atoms with Crippen LogP contribution >= 0.6 is 0 Å². The van der Waals surface area contributed by atoms with Gasteiger partial charge in [-0.25, -0.2) is 9.48 Å². The van der Waals surface area contributed by atoms with Gasteiger partial charge in [-0.05, 0) is 44.0 Å². The first-order valence-electron chi connectivity index (χ1n) is 11.9. The fourth-order valence-electron chi connectivity index (χ4n) is 4.88. The minimum Gasteiger partial charge on any atom is -0.497 e. The lowest BCUT2D eigenvalue weighted by Crippen LogP contribution is -2.42. The zero-order chi connectivity index (χ0) is 24.2. The number of nitrogens with zero attached hydrogens (tertiary/aromatic N) is 5. The molecule has 2 aliphatic rings. The molecule has 184 valence electrons. The van der Waals surface area contributed by atoms with Crippen LogP contribution in [-0.4, -0.2) is 71.5 Å². The van der Waals surface area contributed by atoms with Crippen LogP contribution < -0.4 is 15.3 Å².